The van der Waals surface area contributed by atoms with Crippen LogP contribution in [0, 0.1) is 5.92 Å². The molecule has 0 bridgehead atoms. The fraction of sp³-hybridized carbons (Fsp3) is 0.524. The van der Waals surface area contributed by atoms with E-state index in [1.807, 2.05) is 37.3 Å². The molecule has 1 saturated heterocycles. The molecule has 0 aliphatic carbocycles. The van der Waals surface area contributed by atoms with E-state index >= 15 is 0 Å². The molecule has 2 aromatic rings. The molecule has 3 rings (SSSR count). The second-order valence-electron chi connectivity index (χ2n) is 7.31. The van der Waals surface area contributed by atoms with Crippen LogP contribution in [-0.4, -0.2) is 56.5 Å². The predicted octanol–water partition coefficient (Wildman–Crippen LogP) is 2.10. The van der Waals surface area contributed by atoms with Gasteiger partial charge >= 0.3 is 11.7 Å². The minimum Gasteiger partial charge on any atom is -0.466 e. The minimum atomic E-state index is -0.380. The lowest BCUT2D eigenvalue weighted by atomic mass is 9.97. The van der Waals surface area contributed by atoms with E-state index in [0.29, 0.717) is 50.7 Å². The van der Waals surface area contributed by atoms with Gasteiger partial charge in [0.2, 0.25) is 5.91 Å². The van der Waals surface area contributed by atoms with E-state index in [1.54, 1.807) is 16.4 Å². The number of esters is 1. The first-order chi connectivity index (χ1) is 14.5. The molecule has 1 aliphatic rings. The highest BCUT2D eigenvalue weighted by molar-refractivity contribution is 8.00. The maximum absolute atomic E-state index is 12.9. The third-order valence-corrected chi connectivity index (χ3v) is 6.32. The predicted molar refractivity (Wildman–Crippen MR) is 114 cm³/mol. The van der Waals surface area contributed by atoms with Gasteiger partial charge in [-0.25, -0.2) is 9.89 Å². The smallest absolute Gasteiger partial charge is 0.343 e. The summed E-state index contributed by atoms with van der Waals surface area (Å²) in [6.45, 7) is 5.56. The van der Waals surface area contributed by atoms with Gasteiger partial charge in [-0.15, -0.1) is 5.10 Å². The van der Waals surface area contributed by atoms with E-state index in [9.17, 15) is 14.4 Å². The number of carbonyl (C=O) groups excluding carboxylic acids is 2. The zero-order valence-electron chi connectivity index (χ0n) is 17.4. The molecule has 2 heterocycles. The van der Waals surface area contributed by atoms with Crippen LogP contribution in [0.4, 0.5) is 0 Å². The summed E-state index contributed by atoms with van der Waals surface area (Å²) in [6, 6.07) is 9.93. The second-order valence-corrected chi connectivity index (χ2v) is 8.62. The van der Waals surface area contributed by atoms with Crippen molar-refractivity contribution in [2.75, 3.05) is 19.7 Å². The van der Waals surface area contributed by atoms with Gasteiger partial charge < -0.3 is 9.64 Å². The molecule has 1 aliphatic heterocycles. The van der Waals surface area contributed by atoms with Crippen LogP contribution in [0.3, 0.4) is 0 Å². The van der Waals surface area contributed by atoms with Gasteiger partial charge in [0.05, 0.1) is 17.8 Å². The molecule has 1 N–H and O–H groups in total. The Balaban J connectivity index is 1.56. The Labute approximate surface area is 180 Å². The highest BCUT2D eigenvalue weighted by Crippen LogP contribution is 2.25. The van der Waals surface area contributed by atoms with Crippen LogP contribution < -0.4 is 5.69 Å². The summed E-state index contributed by atoms with van der Waals surface area (Å²) in [5.41, 5.74) is 0.860. The summed E-state index contributed by atoms with van der Waals surface area (Å²) in [6.07, 6.45) is 1.94. The highest BCUT2D eigenvalue weighted by atomic mass is 32.2. The Morgan fingerprint density at radius 1 is 1.27 bits per heavy atom. The highest BCUT2D eigenvalue weighted by Gasteiger charge is 2.31. The van der Waals surface area contributed by atoms with Crippen molar-refractivity contribution in [3.05, 3.63) is 46.4 Å². The fourth-order valence-corrected chi connectivity index (χ4v) is 4.50. The number of likely N-dealkylation sites (tertiary alicyclic amines) is 1. The van der Waals surface area contributed by atoms with Crippen LogP contribution >= 0.6 is 11.8 Å². The van der Waals surface area contributed by atoms with Gasteiger partial charge in [0.15, 0.2) is 5.16 Å². The van der Waals surface area contributed by atoms with E-state index < -0.39 is 0 Å². The van der Waals surface area contributed by atoms with Crippen molar-refractivity contribution in [2.45, 2.75) is 50.1 Å². The Kier molecular flexibility index (Phi) is 7.73. The topological polar surface area (TPSA) is 97.3 Å². The van der Waals surface area contributed by atoms with Gasteiger partial charge in [-0.3, -0.25) is 14.2 Å². The summed E-state index contributed by atoms with van der Waals surface area (Å²) in [5.74, 6) is -0.315. The van der Waals surface area contributed by atoms with Crippen LogP contribution in [-0.2, 0) is 27.3 Å². The minimum absolute atomic E-state index is 0.00707. The normalized spacial score (nSPS) is 15.7. The van der Waals surface area contributed by atoms with Crippen molar-refractivity contribution in [2.24, 2.45) is 5.92 Å². The lowest BCUT2D eigenvalue weighted by molar-refractivity contribution is -0.151. The number of nitrogens with one attached hydrogen (secondary N) is 1. The number of aryl methyl sites for hydroxylation is 1. The number of aromatic nitrogens is 3. The van der Waals surface area contributed by atoms with Crippen molar-refractivity contribution in [3.63, 3.8) is 0 Å². The van der Waals surface area contributed by atoms with Gasteiger partial charge in [-0.1, -0.05) is 42.1 Å². The first kappa shape index (κ1) is 22.1. The number of H-pyrrole nitrogens is 1. The zero-order valence-corrected chi connectivity index (χ0v) is 18.2. The number of aromatic amines is 1. The molecule has 1 amide bonds. The lowest BCUT2D eigenvalue weighted by Crippen LogP contribution is -2.43. The average molecular weight is 433 g/mol. The molecule has 1 unspecified atom stereocenters. The molecule has 162 valence electrons. The number of piperidine rings is 1. The number of hydrogen-bond donors (Lipinski definition) is 1. The maximum atomic E-state index is 12.9. The molecular formula is C21H28N4O4S. The summed E-state index contributed by atoms with van der Waals surface area (Å²) >= 11 is 1.28. The van der Waals surface area contributed by atoms with Crippen LogP contribution in [0.5, 0.6) is 0 Å². The van der Waals surface area contributed by atoms with Gasteiger partial charge in [-0.2, -0.15) is 0 Å². The Morgan fingerprint density at radius 2 is 1.97 bits per heavy atom. The molecule has 1 atom stereocenters. The third-order valence-electron chi connectivity index (χ3n) is 5.25. The molecule has 8 nitrogen and oxygen atoms in total. The van der Waals surface area contributed by atoms with Crippen molar-refractivity contribution in [1.29, 1.82) is 0 Å². The Hall–Kier alpha value is -2.55. The molecule has 1 fully saturated rings. The summed E-state index contributed by atoms with van der Waals surface area (Å²) in [7, 11) is 0. The number of amides is 1. The average Bonchev–Trinajstić information content (AvgIpc) is 3.11. The Morgan fingerprint density at radius 3 is 2.63 bits per heavy atom. The van der Waals surface area contributed by atoms with E-state index in [0.717, 1.165) is 5.56 Å². The van der Waals surface area contributed by atoms with E-state index in [2.05, 4.69) is 10.2 Å². The molecule has 0 spiro atoms. The van der Waals surface area contributed by atoms with E-state index in [1.165, 1.54) is 11.8 Å². The number of benzene rings is 1. The molecule has 1 aromatic carbocycles. The van der Waals surface area contributed by atoms with Crippen LogP contribution in [0.1, 0.15) is 32.3 Å². The first-order valence-corrected chi connectivity index (χ1v) is 11.2. The number of nitrogens with zero attached hydrogens (tertiary/aromatic N) is 3. The monoisotopic (exact) mass is 432 g/mol. The molecule has 0 saturated carbocycles. The van der Waals surface area contributed by atoms with Gasteiger partial charge in [0, 0.05) is 19.6 Å². The second kappa shape index (κ2) is 10.5. The van der Waals surface area contributed by atoms with Crippen molar-refractivity contribution in [1.82, 2.24) is 19.7 Å². The Bertz CT molecular complexity index is 903. The van der Waals surface area contributed by atoms with E-state index in [4.69, 9.17) is 4.74 Å². The SMILES string of the molecule is CCOC(=O)C1CCN(C(=O)C(C)Sc2n[nH]c(=O)n2CCc2ccccc2)CC1. The van der Waals surface area contributed by atoms with E-state index in [-0.39, 0.29) is 28.7 Å². The number of ether oxygens (including phenoxy) is 1. The molecule has 30 heavy (non-hydrogen) atoms. The van der Waals surface area contributed by atoms with Crippen LogP contribution in [0.15, 0.2) is 40.3 Å². The number of carbonyl (C=O) groups is 2. The third kappa shape index (κ3) is 5.53. The number of hydrogen-bond acceptors (Lipinski definition) is 6. The molecular weight excluding hydrogens is 404 g/mol. The quantitative estimate of drug-likeness (QED) is 0.507. The molecule has 1 aromatic heterocycles. The molecule has 9 heteroatoms. The van der Waals surface area contributed by atoms with Gasteiger partial charge in [-0.05, 0) is 38.7 Å². The van der Waals surface area contributed by atoms with Crippen molar-refractivity contribution >= 4 is 23.6 Å². The van der Waals surface area contributed by atoms with Crippen LogP contribution in [0.25, 0.3) is 0 Å². The maximum Gasteiger partial charge on any atom is 0.343 e. The summed E-state index contributed by atoms with van der Waals surface area (Å²) in [4.78, 5) is 38.7. The van der Waals surface area contributed by atoms with Crippen molar-refractivity contribution in [3.8, 4) is 0 Å². The molecule has 0 radical (unpaired) electrons. The number of thioether (sulfide) groups is 1. The first-order valence-electron chi connectivity index (χ1n) is 10.3. The number of rotatable bonds is 8. The zero-order chi connectivity index (χ0) is 21.5. The fourth-order valence-electron chi connectivity index (χ4n) is 3.54. The lowest BCUT2D eigenvalue weighted by Gasteiger charge is -2.32. The standard InChI is InChI=1S/C21H28N4O4S/c1-3-29-19(27)17-10-12-24(13-11-17)18(26)15(2)30-21-23-22-20(28)25(21)14-9-16-7-5-4-6-8-16/h4-8,15,17H,3,9-14H2,1-2H3,(H,22,28). The van der Waals surface area contributed by atoms with Crippen LogP contribution in [0.2, 0.25) is 0 Å². The summed E-state index contributed by atoms with van der Waals surface area (Å²) < 4.78 is 6.66. The summed E-state index contributed by atoms with van der Waals surface area (Å²) in [5, 5.41) is 6.73. The van der Waals surface area contributed by atoms with Crippen molar-refractivity contribution < 1.29 is 14.3 Å². The van der Waals surface area contributed by atoms with Gasteiger partial charge in [0.25, 0.3) is 0 Å². The van der Waals surface area contributed by atoms with Gasteiger partial charge in [0.1, 0.15) is 0 Å². The largest absolute Gasteiger partial charge is 0.466 e.